The van der Waals surface area contributed by atoms with Crippen LogP contribution in [0.1, 0.15) is 31.9 Å². The minimum atomic E-state index is 0. The second kappa shape index (κ2) is 13.3. The third kappa shape index (κ3) is 8.30. The molecule has 1 fully saturated rings. The van der Waals surface area contributed by atoms with E-state index in [-0.39, 0.29) is 24.0 Å². The van der Waals surface area contributed by atoms with E-state index in [0.29, 0.717) is 18.5 Å². The lowest BCUT2D eigenvalue weighted by Crippen LogP contribution is -2.52. The summed E-state index contributed by atoms with van der Waals surface area (Å²) in [6, 6.07) is 7.04. The normalized spacial score (nSPS) is 16.3. The fraction of sp³-hybridized carbons (Fsp3) is 0.682. The van der Waals surface area contributed by atoms with Gasteiger partial charge in [-0.1, -0.05) is 19.9 Å². The summed E-state index contributed by atoms with van der Waals surface area (Å²) >= 11 is 0. The zero-order chi connectivity index (χ0) is 20.5. The lowest BCUT2D eigenvalue weighted by molar-refractivity contribution is 0.00752. The molecule has 0 aromatic heterocycles. The molecule has 7 heteroatoms. The number of hydrogen-bond donors (Lipinski definition) is 2. The molecule has 1 aliphatic rings. The van der Waals surface area contributed by atoms with Crippen LogP contribution >= 0.6 is 24.0 Å². The van der Waals surface area contributed by atoms with Crippen LogP contribution in [0.3, 0.4) is 0 Å². The lowest BCUT2D eigenvalue weighted by atomic mass is 10.0. The number of aliphatic imine (C=N–C) groups is 1. The monoisotopic (exact) mass is 517 g/mol. The van der Waals surface area contributed by atoms with Gasteiger partial charge in [0.1, 0.15) is 0 Å². The molecule has 29 heavy (non-hydrogen) atoms. The summed E-state index contributed by atoms with van der Waals surface area (Å²) in [4.78, 5) is 9.50. The molecule has 166 valence electrons. The van der Waals surface area contributed by atoms with E-state index >= 15 is 0 Å². The van der Waals surface area contributed by atoms with Gasteiger partial charge >= 0.3 is 0 Å². The number of benzene rings is 1. The summed E-state index contributed by atoms with van der Waals surface area (Å²) in [7, 11) is 4.14. The molecular formula is C22H40IN5O. The smallest absolute Gasteiger partial charge is 0.191 e. The number of halogens is 1. The van der Waals surface area contributed by atoms with Crippen molar-refractivity contribution in [2.24, 2.45) is 10.9 Å². The van der Waals surface area contributed by atoms with Crippen LogP contribution in [0.15, 0.2) is 23.2 Å². The van der Waals surface area contributed by atoms with Crippen molar-refractivity contribution in [1.82, 2.24) is 15.5 Å². The van der Waals surface area contributed by atoms with E-state index < -0.39 is 0 Å². The molecular weight excluding hydrogens is 477 g/mol. The Kier molecular flexibility index (Phi) is 11.9. The summed E-state index contributed by atoms with van der Waals surface area (Å²) in [6.07, 6.45) is 0. The van der Waals surface area contributed by atoms with Gasteiger partial charge in [0, 0.05) is 52.0 Å². The molecule has 0 bridgehead atoms. The molecule has 2 N–H and O–H groups in total. The van der Waals surface area contributed by atoms with E-state index in [9.17, 15) is 0 Å². The van der Waals surface area contributed by atoms with Gasteiger partial charge in [0.25, 0.3) is 0 Å². The molecule has 6 nitrogen and oxygen atoms in total. The molecule has 0 aliphatic carbocycles. The molecule has 1 unspecified atom stereocenters. The van der Waals surface area contributed by atoms with E-state index in [1.54, 1.807) is 0 Å². The molecule has 1 atom stereocenters. The van der Waals surface area contributed by atoms with Crippen molar-refractivity contribution in [3.05, 3.63) is 29.3 Å². The highest BCUT2D eigenvalue weighted by molar-refractivity contribution is 14.0. The molecule has 0 spiro atoms. The predicted molar refractivity (Wildman–Crippen MR) is 135 cm³/mol. The van der Waals surface area contributed by atoms with Crippen molar-refractivity contribution < 1.29 is 4.74 Å². The fourth-order valence-electron chi connectivity index (χ4n) is 3.54. The van der Waals surface area contributed by atoms with Crippen molar-refractivity contribution in [2.45, 2.75) is 40.3 Å². The fourth-order valence-corrected chi connectivity index (χ4v) is 3.54. The Morgan fingerprint density at radius 2 is 1.90 bits per heavy atom. The summed E-state index contributed by atoms with van der Waals surface area (Å²) in [5, 5.41) is 6.95. The molecule has 1 heterocycles. The average Bonchev–Trinajstić information content (AvgIpc) is 2.67. The van der Waals surface area contributed by atoms with E-state index in [1.807, 2.05) is 0 Å². The first-order valence-electron chi connectivity index (χ1n) is 10.5. The molecule has 1 aromatic carbocycles. The number of rotatable bonds is 8. The number of morpholine rings is 1. The second-order valence-corrected chi connectivity index (χ2v) is 8.04. The van der Waals surface area contributed by atoms with Crippen LogP contribution in [0.25, 0.3) is 0 Å². The molecule has 0 radical (unpaired) electrons. The first-order chi connectivity index (χ1) is 13.4. The zero-order valence-corrected chi connectivity index (χ0v) is 21.3. The van der Waals surface area contributed by atoms with Gasteiger partial charge in [-0.2, -0.15) is 0 Å². The SMILES string of the molecule is CCNC(=NCc1ccc(N(C)C)cc1C)NCC(C(C)C)N1CCOCC1.I. The number of nitrogens with zero attached hydrogens (tertiary/aromatic N) is 3. The van der Waals surface area contributed by atoms with Crippen LogP contribution in [0.5, 0.6) is 0 Å². The van der Waals surface area contributed by atoms with Gasteiger partial charge in [-0.3, -0.25) is 4.90 Å². The lowest BCUT2D eigenvalue weighted by Gasteiger charge is -2.37. The van der Waals surface area contributed by atoms with E-state index in [1.165, 1.54) is 16.8 Å². The molecule has 2 rings (SSSR count). The van der Waals surface area contributed by atoms with E-state index in [2.05, 4.69) is 80.4 Å². The maximum Gasteiger partial charge on any atom is 0.191 e. The minimum absolute atomic E-state index is 0. The highest BCUT2D eigenvalue weighted by atomic mass is 127. The summed E-state index contributed by atoms with van der Waals surface area (Å²) < 4.78 is 5.51. The Morgan fingerprint density at radius 3 is 2.45 bits per heavy atom. The van der Waals surface area contributed by atoms with Crippen molar-refractivity contribution >= 4 is 35.6 Å². The van der Waals surface area contributed by atoms with Crippen LogP contribution in [0.2, 0.25) is 0 Å². The topological polar surface area (TPSA) is 52.1 Å². The van der Waals surface area contributed by atoms with Gasteiger partial charge in [0.2, 0.25) is 0 Å². The standard InChI is InChI=1S/C22H39N5O.HI/c1-7-23-22(24-15-19-8-9-20(26(5)6)14-18(19)4)25-16-21(17(2)3)27-10-12-28-13-11-27;/h8-9,14,17,21H,7,10-13,15-16H2,1-6H3,(H2,23,24,25);1H. The van der Waals surface area contributed by atoms with Crippen LogP contribution in [0, 0.1) is 12.8 Å². The van der Waals surface area contributed by atoms with Crippen molar-refractivity contribution in [3.8, 4) is 0 Å². The number of ether oxygens (including phenoxy) is 1. The third-order valence-electron chi connectivity index (χ3n) is 5.36. The maximum absolute atomic E-state index is 5.51. The predicted octanol–water partition coefficient (Wildman–Crippen LogP) is 3.09. The first-order valence-corrected chi connectivity index (χ1v) is 10.5. The first kappa shape index (κ1) is 26.0. The van der Waals surface area contributed by atoms with E-state index in [4.69, 9.17) is 9.73 Å². The van der Waals surface area contributed by atoms with Crippen molar-refractivity contribution in [2.75, 3.05) is 58.4 Å². The van der Waals surface area contributed by atoms with Crippen molar-refractivity contribution in [3.63, 3.8) is 0 Å². The van der Waals surface area contributed by atoms with Crippen molar-refractivity contribution in [1.29, 1.82) is 0 Å². The quantitative estimate of drug-likeness (QED) is 0.316. The highest BCUT2D eigenvalue weighted by Crippen LogP contribution is 2.18. The Bertz CT molecular complexity index is 630. The third-order valence-corrected chi connectivity index (χ3v) is 5.36. The Balaban J connectivity index is 0.00000420. The van der Waals surface area contributed by atoms with Crippen LogP contribution in [-0.4, -0.2) is 70.4 Å². The number of nitrogens with one attached hydrogen (secondary N) is 2. The number of hydrogen-bond acceptors (Lipinski definition) is 4. The second-order valence-electron chi connectivity index (χ2n) is 8.04. The molecule has 1 aromatic rings. The van der Waals surface area contributed by atoms with Crippen LogP contribution in [-0.2, 0) is 11.3 Å². The van der Waals surface area contributed by atoms with Gasteiger partial charge in [-0.15, -0.1) is 24.0 Å². The molecule has 0 amide bonds. The van der Waals surface area contributed by atoms with Gasteiger partial charge in [-0.25, -0.2) is 4.99 Å². The minimum Gasteiger partial charge on any atom is -0.379 e. The van der Waals surface area contributed by atoms with Gasteiger partial charge in [0.15, 0.2) is 5.96 Å². The molecule has 1 aliphatic heterocycles. The Labute approximate surface area is 194 Å². The van der Waals surface area contributed by atoms with Gasteiger partial charge in [-0.05, 0) is 43.0 Å². The summed E-state index contributed by atoms with van der Waals surface area (Å²) in [5.41, 5.74) is 3.76. The highest BCUT2D eigenvalue weighted by Gasteiger charge is 2.23. The number of guanidine groups is 1. The van der Waals surface area contributed by atoms with Gasteiger partial charge < -0.3 is 20.3 Å². The molecule has 0 saturated carbocycles. The summed E-state index contributed by atoms with van der Waals surface area (Å²) in [6.45, 7) is 15.0. The van der Waals surface area contributed by atoms with Crippen LogP contribution in [0.4, 0.5) is 5.69 Å². The average molecular weight is 518 g/mol. The zero-order valence-electron chi connectivity index (χ0n) is 19.0. The summed E-state index contributed by atoms with van der Waals surface area (Å²) in [5.74, 6) is 1.46. The van der Waals surface area contributed by atoms with Gasteiger partial charge in [0.05, 0.1) is 19.8 Å². The Hall–Kier alpha value is -1.06. The Morgan fingerprint density at radius 1 is 1.21 bits per heavy atom. The van der Waals surface area contributed by atoms with E-state index in [0.717, 1.165) is 45.4 Å². The number of anilines is 1. The largest absolute Gasteiger partial charge is 0.379 e. The maximum atomic E-state index is 5.51. The molecule has 1 saturated heterocycles. The van der Waals surface area contributed by atoms with Crippen LogP contribution < -0.4 is 15.5 Å². The number of aryl methyl sites for hydroxylation is 1.